The molecule has 3 rings (SSSR count). The summed E-state index contributed by atoms with van der Waals surface area (Å²) in [6, 6.07) is 13.3. The van der Waals surface area contributed by atoms with E-state index in [2.05, 4.69) is 24.5 Å². The molecule has 0 fully saturated rings. The van der Waals surface area contributed by atoms with Crippen LogP contribution in [0.5, 0.6) is 11.5 Å². The van der Waals surface area contributed by atoms with Gasteiger partial charge in [0.2, 0.25) is 12.7 Å². The Kier molecular flexibility index (Phi) is 5.76. The number of carbonyl (C=O) groups excluding carboxylic acids is 2. The van der Waals surface area contributed by atoms with Crippen molar-refractivity contribution >= 4 is 17.4 Å². The number of anilines is 1. The molecule has 6 nitrogen and oxygen atoms in total. The van der Waals surface area contributed by atoms with Crippen molar-refractivity contribution in [2.45, 2.75) is 26.8 Å². The Hall–Kier alpha value is -2.86. The molecule has 2 aromatic carbocycles. The van der Waals surface area contributed by atoms with Crippen molar-refractivity contribution in [3.05, 3.63) is 53.6 Å². The van der Waals surface area contributed by atoms with Crippen LogP contribution in [0.1, 0.15) is 42.7 Å². The first-order valence-electron chi connectivity index (χ1n) is 8.98. The van der Waals surface area contributed by atoms with Gasteiger partial charge in [-0.05, 0) is 24.5 Å². The smallest absolute Gasteiger partial charge is 0.238 e. The molecule has 1 atom stereocenters. The van der Waals surface area contributed by atoms with E-state index in [0.717, 1.165) is 5.56 Å². The molecule has 1 amide bonds. The number of hydrogen-bond donors (Lipinski definition) is 2. The second kappa shape index (κ2) is 8.22. The number of rotatable bonds is 7. The highest BCUT2D eigenvalue weighted by Crippen LogP contribution is 2.37. The van der Waals surface area contributed by atoms with E-state index in [4.69, 9.17) is 9.47 Å². The summed E-state index contributed by atoms with van der Waals surface area (Å²) in [4.78, 5) is 24.4. The Morgan fingerprint density at radius 1 is 1.07 bits per heavy atom. The molecule has 0 saturated carbocycles. The summed E-state index contributed by atoms with van der Waals surface area (Å²) in [6.45, 7) is 5.90. The van der Waals surface area contributed by atoms with Gasteiger partial charge in [-0.2, -0.15) is 0 Å². The molecular weight excluding hydrogens is 344 g/mol. The molecule has 0 aromatic heterocycles. The van der Waals surface area contributed by atoms with Crippen molar-refractivity contribution in [1.29, 1.82) is 0 Å². The van der Waals surface area contributed by atoms with Crippen LogP contribution >= 0.6 is 0 Å². The molecule has 0 aliphatic carbocycles. The zero-order chi connectivity index (χ0) is 19.4. The van der Waals surface area contributed by atoms with E-state index in [1.165, 1.54) is 6.92 Å². The van der Waals surface area contributed by atoms with Gasteiger partial charge in [-0.15, -0.1) is 0 Å². The zero-order valence-electron chi connectivity index (χ0n) is 15.7. The molecule has 0 saturated heterocycles. The molecule has 2 N–H and O–H groups in total. The van der Waals surface area contributed by atoms with Crippen molar-refractivity contribution in [3.63, 3.8) is 0 Å². The summed E-state index contributed by atoms with van der Waals surface area (Å²) in [7, 11) is 0. The summed E-state index contributed by atoms with van der Waals surface area (Å²) in [5, 5.41) is 6.11. The summed E-state index contributed by atoms with van der Waals surface area (Å²) in [6.07, 6.45) is 0. The topological polar surface area (TPSA) is 76.7 Å². The lowest BCUT2D eigenvalue weighted by Gasteiger charge is -2.23. The Morgan fingerprint density at radius 3 is 2.37 bits per heavy atom. The summed E-state index contributed by atoms with van der Waals surface area (Å²) >= 11 is 0. The number of benzene rings is 2. The van der Waals surface area contributed by atoms with Gasteiger partial charge in [-0.3, -0.25) is 9.59 Å². The van der Waals surface area contributed by atoms with Crippen LogP contribution in [0.4, 0.5) is 5.69 Å². The summed E-state index contributed by atoms with van der Waals surface area (Å²) in [5.41, 5.74) is 1.96. The van der Waals surface area contributed by atoms with Crippen molar-refractivity contribution in [2.24, 2.45) is 5.92 Å². The third kappa shape index (κ3) is 4.46. The fraction of sp³-hybridized carbons (Fsp3) is 0.333. The van der Waals surface area contributed by atoms with Crippen LogP contribution in [0.25, 0.3) is 0 Å². The van der Waals surface area contributed by atoms with Crippen LogP contribution < -0.4 is 20.1 Å². The fourth-order valence-electron chi connectivity index (χ4n) is 3.13. The average Bonchev–Trinajstić information content (AvgIpc) is 3.09. The van der Waals surface area contributed by atoms with Crippen LogP contribution in [-0.2, 0) is 4.79 Å². The van der Waals surface area contributed by atoms with E-state index in [1.54, 1.807) is 12.1 Å². The highest BCUT2D eigenvalue weighted by Gasteiger charge is 2.21. The lowest BCUT2D eigenvalue weighted by molar-refractivity contribution is -0.115. The second-order valence-electron chi connectivity index (χ2n) is 6.87. The van der Waals surface area contributed by atoms with Crippen molar-refractivity contribution in [2.75, 3.05) is 18.7 Å². The third-order valence-corrected chi connectivity index (χ3v) is 4.47. The molecule has 0 spiro atoms. The second-order valence-corrected chi connectivity index (χ2v) is 6.87. The fourth-order valence-corrected chi connectivity index (χ4v) is 3.13. The van der Waals surface area contributed by atoms with Crippen molar-refractivity contribution in [3.8, 4) is 11.5 Å². The van der Waals surface area contributed by atoms with Crippen LogP contribution in [0, 0.1) is 5.92 Å². The number of fused-ring (bicyclic) bond motifs is 1. The van der Waals surface area contributed by atoms with Gasteiger partial charge in [-0.1, -0.05) is 44.2 Å². The first-order chi connectivity index (χ1) is 13.0. The average molecular weight is 368 g/mol. The van der Waals surface area contributed by atoms with Gasteiger partial charge in [0.1, 0.15) is 0 Å². The van der Waals surface area contributed by atoms with Crippen molar-refractivity contribution < 1.29 is 19.1 Å². The predicted molar refractivity (Wildman–Crippen MR) is 103 cm³/mol. The number of ketones is 1. The molecule has 0 radical (unpaired) electrons. The number of ether oxygens (including phenoxy) is 2. The van der Waals surface area contributed by atoms with E-state index < -0.39 is 0 Å². The van der Waals surface area contributed by atoms with Crippen molar-refractivity contribution in [1.82, 2.24) is 5.32 Å². The lowest BCUT2D eigenvalue weighted by atomic mass is 9.96. The zero-order valence-corrected chi connectivity index (χ0v) is 15.7. The minimum Gasteiger partial charge on any atom is -0.454 e. The van der Waals surface area contributed by atoms with Crippen LogP contribution in [0.2, 0.25) is 0 Å². The van der Waals surface area contributed by atoms with Gasteiger partial charge >= 0.3 is 0 Å². The normalized spacial score (nSPS) is 13.5. The van der Waals surface area contributed by atoms with Crippen LogP contribution in [0.3, 0.4) is 0 Å². The maximum absolute atomic E-state index is 12.5. The number of amides is 1. The largest absolute Gasteiger partial charge is 0.454 e. The Bertz CT molecular complexity index is 834. The molecule has 2 aromatic rings. The number of carbonyl (C=O) groups is 2. The Labute approximate surface area is 158 Å². The monoisotopic (exact) mass is 368 g/mol. The van der Waals surface area contributed by atoms with E-state index in [1.807, 2.05) is 30.3 Å². The predicted octanol–water partition coefficient (Wildman–Crippen LogP) is 3.54. The van der Waals surface area contributed by atoms with Gasteiger partial charge in [0, 0.05) is 17.7 Å². The first kappa shape index (κ1) is 18.9. The SMILES string of the molecule is CC(=O)c1cc2c(cc1NC(=O)CN[C@@H](c1ccccc1)C(C)C)OCO2. The van der Waals surface area contributed by atoms with Crippen LogP contribution in [-0.4, -0.2) is 25.0 Å². The molecule has 142 valence electrons. The molecule has 1 aliphatic heterocycles. The molecule has 1 heterocycles. The summed E-state index contributed by atoms with van der Waals surface area (Å²) in [5.74, 6) is 0.977. The van der Waals surface area contributed by atoms with Crippen LogP contribution in [0.15, 0.2) is 42.5 Å². The Balaban J connectivity index is 1.70. The first-order valence-corrected chi connectivity index (χ1v) is 8.98. The van der Waals surface area contributed by atoms with E-state index in [-0.39, 0.29) is 31.1 Å². The van der Waals surface area contributed by atoms with Gasteiger partial charge in [0.25, 0.3) is 0 Å². The highest BCUT2D eigenvalue weighted by atomic mass is 16.7. The standard InChI is InChI=1S/C21H24N2O4/c1-13(2)21(15-7-5-4-6-8-15)22-11-20(25)23-17-10-19-18(26-12-27-19)9-16(17)14(3)24/h4-10,13,21-22H,11-12H2,1-3H3,(H,23,25)/t21-/m1/s1. The van der Waals surface area contributed by atoms with E-state index >= 15 is 0 Å². The minimum atomic E-state index is -0.224. The van der Waals surface area contributed by atoms with Gasteiger partial charge in [0.15, 0.2) is 17.3 Å². The molecule has 27 heavy (non-hydrogen) atoms. The number of hydrogen-bond acceptors (Lipinski definition) is 5. The summed E-state index contributed by atoms with van der Waals surface area (Å²) < 4.78 is 10.6. The maximum atomic E-state index is 12.5. The van der Waals surface area contributed by atoms with E-state index in [0.29, 0.717) is 28.7 Å². The molecular formula is C21H24N2O4. The number of nitrogens with one attached hydrogen (secondary N) is 2. The Morgan fingerprint density at radius 2 is 1.74 bits per heavy atom. The molecule has 0 bridgehead atoms. The highest BCUT2D eigenvalue weighted by molar-refractivity contribution is 6.05. The number of Topliss-reactive ketones (excluding diaryl/α,β-unsaturated/α-hetero) is 1. The van der Waals surface area contributed by atoms with Gasteiger partial charge in [-0.25, -0.2) is 0 Å². The molecule has 6 heteroatoms. The molecule has 0 unspecified atom stereocenters. The quantitative estimate of drug-likeness (QED) is 0.731. The minimum absolute atomic E-state index is 0.0565. The van der Waals surface area contributed by atoms with E-state index in [9.17, 15) is 9.59 Å². The maximum Gasteiger partial charge on any atom is 0.238 e. The lowest BCUT2D eigenvalue weighted by Crippen LogP contribution is -2.33. The van der Waals surface area contributed by atoms with Gasteiger partial charge < -0.3 is 20.1 Å². The van der Waals surface area contributed by atoms with Gasteiger partial charge in [0.05, 0.1) is 12.2 Å². The third-order valence-electron chi connectivity index (χ3n) is 4.47. The molecule has 1 aliphatic rings.